The van der Waals surface area contributed by atoms with Gasteiger partial charge in [-0.05, 0) is 42.9 Å². The molecule has 0 aromatic carbocycles. The van der Waals surface area contributed by atoms with Gasteiger partial charge < -0.3 is 15.6 Å². The maximum Gasteiger partial charge on any atom is 0.302 e. The van der Waals surface area contributed by atoms with Gasteiger partial charge in [-0.25, -0.2) is 0 Å². The van der Waals surface area contributed by atoms with Crippen molar-refractivity contribution in [3.8, 4) is 0 Å². The summed E-state index contributed by atoms with van der Waals surface area (Å²) >= 11 is 0. The molecule has 0 heterocycles. The third-order valence-electron chi connectivity index (χ3n) is 7.51. The Balaban J connectivity index is 1.71. The maximum absolute atomic E-state index is 11.5. The summed E-state index contributed by atoms with van der Waals surface area (Å²) in [7, 11) is 0. The second kappa shape index (κ2) is 5.55. The predicted octanol–water partition coefficient (Wildman–Crippen LogP) is 2.88. The Bertz CT molecular complexity index is 693. The number of rotatable bonds is 1. The first-order valence-electron chi connectivity index (χ1n) is 9.47. The quantitative estimate of drug-likeness (QED) is 0.567. The van der Waals surface area contributed by atoms with Gasteiger partial charge in [0.2, 0.25) is 0 Å². The number of hydrogen-bond donors (Lipinski definition) is 2. The lowest BCUT2D eigenvalue weighted by atomic mass is 9.52. The first-order chi connectivity index (χ1) is 11.8. The van der Waals surface area contributed by atoms with Crippen LogP contribution in [0, 0.1) is 22.7 Å². The molecule has 0 aromatic rings. The van der Waals surface area contributed by atoms with E-state index in [-0.39, 0.29) is 35.0 Å². The van der Waals surface area contributed by atoms with Crippen LogP contribution < -0.4 is 5.73 Å². The van der Waals surface area contributed by atoms with Gasteiger partial charge in [-0.3, -0.25) is 4.79 Å². The largest absolute Gasteiger partial charge is 0.461 e. The van der Waals surface area contributed by atoms with Crippen LogP contribution in [-0.2, 0) is 9.53 Å². The predicted molar refractivity (Wildman–Crippen MR) is 96.5 cm³/mol. The van der Waals surface area contributed by atoms with E-state index in [9.17, 15) is 9.90 Å². The molecule has 4 aliphatic rings. The molecular weight excluding hydrogens is 314 g/mol. The normalized spacial score (nSPS) is 48.0. The van der Waals surface area contributed by atoms with Gasteiger partial charge in [0, 0.05) is 18.4 Å². The number of esters is 1. The molecule has 2 fully saturated rings. The molecule has 7 atom stereocenters. The molecule has 0 aromatic heterocycles. The van der Waals surface area contributed by atoms with Crippen LogP contribution in [-0.4, -0.2) is 29.3 Å². The standard InChI is InChI=1S/C21H29NO3/c1-12(23)25-18-11-17-15-5-4-13-10-14(24)6-8-20(13,2)16(15)7-9-21(17,3)19(18)22/h4-6,8,14,16-19,24H,7,9-11,22H2,1-3H3/t14?,16-,17+,18?,19?,20+,21+/m1/s1. The number of nitrogens with two attached hydrogens (primary N) is 1. The van der Waals surface area contributed by atoms with Crippen molar-refractivity contribution in [3.05, 3.63) is 35.5 Å². The molecular formula is C21H29NO3. The number of ether oxygens (including phenoxy) is 1. The van der Waals surface area contributed by atoms with Crippen molar-refractivity contribution < 1.29 is 14.6 Å². The Morgan fingerprint density at radius 2 is 2.08 bits per heavy atom. The van der Waals surface area contributed by atoms with Crippen molar-refractivity contribution in [1.29, 1.82) is 0 Å². The van der Waals surface area contributed by atoms with Gasteiger partial charge in [-0.2, -0.15) is 0 Å². The van der Waals surface area contributed by atoms with Crippen LogP contribution in [0.3, 0.4) is 0 Å². The van der Waals surface area contributed by atoms with E-state index in [2.05, 4.69) is 32.1 Å². The van der Waals surface area contributed by atoms with E-state index in [0.717, 1.165) is 25.7 Å². The lowest BCUT2D eigenvalue weighted by Crippen LogP contribution is -2.49. The van der Waals surface area contributed by atoms with Crippen molar-refractivity contribution in [3.63, 3.8) is 0 Å². The van der Waals surface area contributed by atoms with Gasteiger partial charge >= 0.3 is 5.97 Å². The van der Waals surface area contributed by atoms with E-state index >= 15 is 0 Å². The van der Waals surface area contributed by atoms with Gasteiger partial charge in [0.05, 0.1) is 6.10 Å². The van der Waals surface area contributed by atoms with E-state index in [1.54, 1.807) is 0 Å². The van der Waals surface area contributed by atoms with Crippen LogP contribution in [0.25, 0.3) is 0 Å². The Kier molecular flexibility index (Phi) is 3.79. The summed E-state index contributed by atoms with van der Waals surface area (Å²) in [5.74, 6) is 0.577. The van der Waals surface area contributed by atoms with Crippen LogP contribution in [0.5, 0.6) is 0 Å². The monoisotopic (exact) mass is 343 g/mol. The van der Waals surface area contributed by atoms with Gasteiger partial charge in [0.1, 0.15) is 6.10 Å². The topological polar surface area (TPSA) is 72.5 Å². The molecule has 136 valence electrons. The first kappa shape index (κ1) is 17.0. The van der Waals surface area contributed by atoms with E-state index in [0.29, 0.717) is 11.8 Å². The molecule has 2 saturated carbocycles. The summed E-state index contributed by atoms with van der Waals surface area (Å²) in [5.41, 5.74) is 9.33. The summed E-state index contributed by atoms with van der Waals surface area (Å²) in [4.78, 5) is 11.5. The van der Waals surface area contributed by atoms with Crippen LogP contribution in [0.1, 0.15) is 46.5 Å². The van der Waals surface area contributed by atoms with Crippen molar-refractivity contribution in [2.75, 3.05) is 0 Å². The number of aliphatic hydroxyl groups is 1. The number of carbonyl (C=O) groups is 1. The van der Waals surface area contributed by atoms with E-state index in [1.807, 2.05) is 6.08 Å². The Morgan fingerprint density at radius 1 is 1.32 bits per heavy atom. The molecule has 25 heavy (non-hydrogen) atoms. The van der Waals surface area contributed by atoms with Crippen LogP contribution in [0.4, 0.5) is 0 Å². The summed E-state index contributed by atoms with van der Waals surface area (Å²) in [6.45, 7) is 6.04. The minimum absolute atomic E-state index is 0.00570. The molecule has 0 aliphatic heterocycles. The highest BCUT2D eigenvalue weighted by Gasteiger charge is 2.58. The minimum atomic E-state index is -0.364. The highest BCUT2D eigenvalue weighted by atomic mass is 16.5. The molecule has 4 rings (SSSR count). The lowest BCUT2D eigenvalue weighted by Gasteiger charge is -2.52. The molecule has 0 saturated heterocycles. The van der Waals surface area contributed by atoms with E-state index in [4.69, 9.17) is 10.5 Å². The van der Waals surface area contributed by atoms with Crippen LogP contribution in [0.15, 0.2) is 35.5 Å². The summed E-state index contributed by atoms with van der Waals surface area (Å²) in [6, 6.07) is -0.106. The fourth-order valence-corrected chi connectivity index (χ4v) is 5.96. The molecule has 4 heteroatoms. The zero-order chi connectivity index (χ0) is 18.0. The highest BCUT2D eigenvalue weighted by Crippen LogP contribution is 2.62. The zero-order valence-electron chi connectivity index (χ0n) is 15.4. The summed E-state index contributed by atoms with van der Waals surface area (Å²) in [6.07, 6.45) is 11.8. The van der Waals surface area contributed by atoms with Crippen molar-refractivity contribution in [2.45, 2.75) is 64.7 Å². The molecule has 4 nitrogen and oxygen atoms in total. The zero-order valence-corrected chi connectivity index (χ0v) is 15.4. The van der Waals surface area contributed by atoms with Gasteiger partial charge in [-0.1, -0.05) is 49.3 Å². The Hall–Kier alpha value is -1.39. The molecule has 0 radical (unpaired) electrons. The molecule has 0 spiro atoms. The number of hydrogen-bond acceptors (Lipinski definition) is 4. The van der Waals surface area contributed by atoms with Crippen molar-refractivity contribution >= 4 is 5.97 Å². The third-order valence-corrected chi connectivity index (χ3v) is 7.51. The van der Waals surface area contributed by atoms with Crippen LogP contribution >= 0.6 is 0 Å². The maximum atomic E-state index is 11.5. The van der Waals surface area contributed by atoms with Gasteiger partial charge in [0.25, 0.3) is 0 Å². The number of allylic oxidation sites excluding steroid dienone is 4. The van der Waals surface area contributed by atoms with Gasteiger partial charge in [0.15, 0.2) is 0 Å². The minimum Gasteiger partial charge on any atom is -0.461 e. The van der Waals surface area contributed by atoms with Crippen molar-refractivity contribution in [1.82, 2.24) is 0 Å². The lowest BCUT2D eigenvalue weighted by molar-refractivity contribution is -0.147. The molecule has 0 bridgehead atoms. The average Bonchev–Trinajstić information content (AvgIpc) is 2.79. The molecule has 4 aliphatic carbocycles. The Labute approximate surface area is 149 Å². The molecule has 0 amide bonds. The third kappa shape index (κ3) is 2.37. The highest BCUT2D eigenvalue weighted by molar-refractivity contribution is 5.66. The number of aliphatic hydroxyl groups excluding tert-OH is 1. The molecule has 3 unspecified atom stereocenters. The summed E-state index contributed by atoms with van der Waals surface area (Å²) < 4.78 is 5.55. The van der Waals surface area contributed by atoms with Gasteiger partial charge in [-0.15, -0.1) is 0 Å². The Morgan fingerprint density at radius 3 is 2.80 bits per heavy atom. The summed E-state index contributed by atoms with van der Waals surface area (Å²) in [5, 5.41) is 9.99. The van der Waals surface area contributed by atoms with E-state index < -0.39 is 0 Å². The molecule has 3 N–H and O–H groups in total. The van der Waals surface area contributed by atoms with E-state index in [1.165, 1.54) is 18.1 Å². The van der Waals surface area contributed by atoms with Crippen molar-refractivity contribution in [2.24, 2.45) is 28.4 Å². The number of carbonyl (C=O) groups excluding carboxylic acids is 1. The first-order valence-corrected chi connectivity index (χ1v) is 9.47. The van der Waals surface area contributed by atoms with Crippen LogP contribution in [0.2, 0.25) is 0 Å². The second-order valence-electron chi connectivity index (χ2n) is 8.83. The fraction of sp³-hybridized carbons (Fsp3) is 0.667. The average molecular weight is 343 g/mol. The SMILES string of the molecule is CC(=O)OC1C[C@H]2C3=CC=C4CC(O)C=C[C@]4(C)[C@@H]3CC[C@]2(C)C1N. The fourth-order valence-electron chi connectivity index (χ4n) is 5.96. The number of fused-ring (bicyclic) bond motifs is 5. The second-order valence-corrected chi connectivity index (χ2v) is 8.83. The smallest absolute Gasteiger partial charge is 0.302 e.